The molecule has 0 N–H and O–H groups in total. The Balaban J connectivity index is 2.00. The summed E-state index contributed by atoms with van der Waals surface area (Å²) in [4.78, 5) is 1.99. The summed E-state index contributed by atoms with van der Waals surface area (Å²) >= 11 is 0. The van der Waals surface area contributed by atoms with Crippen molar-refractivity contribution in [1.29, 1.82) is 0 Å². The molecule has 0 heterocycles. The summed E-state index contributed by atoms with van der Waals surface area (Å²) in [5.41, 5.74) is 0. The van der Waals surface area contributed by atoms with Gasteiger partial charge in [0, 0.05) is 5.25 Å². The maximum Gasteiger partial charge on any atom is 0.123 e. The normalized spacial score (nSPS) is 18.0. The van der Waals surface area contributed by atoms with Crippen LogP contribution in [0.3, 0.4) is 0 Å². The molecule has 0 aliphatic heterocycles. The van der Waals surface area contributed by atoms with Crippen molar-refractivity contribution >= 4 is 10.9 Å². The van der Waals surface area contributed by atoms with E-state index < -0.39 is 10.9 Å². The van der Waals surface area contributed by atoms with E-state index in [1.807, 2.05) is 6.08 Å². The second kappa shape index (κ2) is 6.44. The van der Waals surface area contributed by atoms with Crippen molar-refractivity contribution in [1.82, 2.24) is 0 Å². The maximum absolute atomic E-state index is 13.2. The first kappa shape index (κ1) is 15.0. The van der Waals surface area contributed by atoms with Crippen LogP contribution in [0.15, 0.2) is 82.4 Å². The smallest absolute Gasteiger partial charge is 0.123 e. The molecule has 0 radical (unpaired) electrons. The Hall–Kier alpha value is -1.94. The third-order valence-corrected chi connectivity index (χ3v) is 6.33. The van der Waals surface area contributed by atoms with Crippen molar-refractivity contribution in [3.63, 3.8) is 0 Å². The van der Waals surface area contributed by atoms with Gasteiger partial charge in [-0.15, -0.1) is 0 Å². The van der Waals surface area contributed by atoms with E-state index in [4.69, 9.17) is 0 Å². The summed E-state index contributed by atoms with van der Waals surface area (Å²) in [6.07, 6.45) is 5.47. The zero-order valence-electron chi connectivity index (χ0n) is 11.7. The van der Waals surface area contributed by atoms with Gasteiger partial charge in [0.15, 0.2) is 0 Å². The Kier molecular flexibility index (Phi) is 4.39. The molecule has 0 amide bonds. The van der Waals surface area contributed by atoms with Crippen molar-refractivity contribution in [3.05, 3.63) is 84.2 Å². The van der Waals surface area contributed by atoms with Crippen LogP contribution < -0.4 is 0 Å². The van der Waals surface area contributed by atoms with E-state index >= 15 is 0 Å². The van der Waals surface area contributed by atoms with Crippen molar-refractivity contribution in [2.45, 2.75) is 21.5 Å². The van der Waals surface area contributed by atoms with Crippen LogP contribution in [-0.2, 0) is 0 Å². The van der Waals surface area contributed by atoms with Gasteiger partial charge in [-0.25, -0.2) is 13.2 Å². The van der Waals surface area contributed by atoms with Crippen LogP contribution in [0.1, 0.15) is 6.42 Å². The number of rotatable bonds is 3. The van der Waals surface area contributed by atoms with E-state index in [0.29, 0.717) is 6.42 Å². The molecule has 0 nitrogen and oxygen atoms in total. The van der Waals surface area contributed by atoms with E-state index in [0.717, 1.165) is 9.79 Å². The second-order valence-electron chi connectivity index (χ2n) is 5.07. The zero-order valence-corrected chi connectivity index (χ0v) is 12.6. The molecular formula is C18H15F3S. The molecule has 0 fully saturated rings. The number of benzene rings is 2. The van der Waals surface area contributed by atoms with Crippen LogP contribution in [0, 0.1) is 11.6 Å². The third-order valence-electron chi connectivity index (χ3n) is 3.57. The fourth-order valence-electron chi connectivity index (χ4n) is 2.51. The highest BCUT2D eigenvalue weighted by Crippen LogP contribution is 2.51. The van der Waals surface area contributed by atoms with E-state index in [-0.39, 0.29) is 22.7 Å². The van der Waals surface area contributed by atoms with Crippen molar-refractivity contribution in [3.8, 4) is 0 Å². The number of thiol groups is 1. The van der Waals surface area contributed by atoms with Crippen LogP contribution in [-0.4, -0.2) is 5.25 Å². The monoisotopic (exact) mass is 320 g/mol. The SMILES string of the molecule is FC1=CCC([SH](c2ccc(F)cc2)c2ccc(F)cc2)C=C1. The second-order valence-corrected chi connectivity index (χ2v) is 7.51. The molecule has 1 unspecified atom stereocenters. The van der Waals surface area contributed by atoms with Gasteiger partial charge in [-0.05, 0) is 76.9 Å². The lowest BCUT2D eigenvalue weighted by Crippen LogP contribution is -2.08. The van der Waals surface area contributed by atoms with Gasteiger partial charge in [0.25, 0.3) is 0 Å². The number of allylic oxidation sites excluding steroid dienone is 3. The van der Waals surface area contributed by atoms with Gasteiger partial charge in [-0.2, -0.15) is 10.9 Å². The van der Waals surface area contributed by atoms with Gasteiger partial charge in [0.2, 0.25) is 0 Å². The van der Waals surface area contributed by atoms with E-state index in [2.05, 4.69) is 0 Å². The predicted octanol–water partition coefficient (Wildman–Crippen LogP) is 5.57. The molecule has 114 valence electrons. The zero-order chi connectivity index (χ0) is 15.5. The predicted molar refractivity (Wildman–Crippen MR) is 85.1 cm³/mol. The largest absolute Gasteiger partial charge is 0.207 e. The lowest BCUT2D eigenvalue weighted by molar-refractivity contribution is 0.626. The Morgan fingerprint density at radius 1 is 0.773 bits per heavy atom. The van der Waals surface area contributed by atoms with Gasteiger partial charge < -0.3 is 0 Å². The van der Waals surface area contributed by atoms with Gasteiger partial charge in [-0.3, -0.25) is 0 Å². The standard InChI is InChI=1S/C18H15F3S/c19-13-1-7-16(8-2-13)22(17-9-3-14(20)4-10-17)18-11-5-15(21)6-12-18/h1-11,18,22H,12H2. The van der Waals surface area contributed by atoms with Crippen LogP contribution in [0.25, 0.3) is 0 Å². The van der Waals surface area contributed by atoms with Crippen molar-refractivity contribution in [2.75, 3.05) is 0 Å². The molecule has 0 saturated carbocycles. The van der Waals surface area contributed by atoms with Gasteiger partial charge >= 0.3 is 0 Å². The van der Waals surface area contributed by atoms with Crippen molar-refractivity contribution in [2.24, 2.45) is 0 Å². The quantitative estimate of drug-likeness (QED) is 0.703. The van der Waals surface area contributed by atoms with Crippen LogP contribution >= 0.6 is 10.9 Å². The minimum absolute atomic E-state index is 0.116. The molecule has 2 aromatic carbocycles. The Morgan fingerprint density at radius 2 is 1.27 bits per heavy atom. The van der Waals surface area contributed by atoms with Gasteiger partial charge in [0.05, 0.1) is 0 Å². The minimum atomic E-state index is -0.844. The summed E-state index contributed by atoms with van der Waals surface area (Å²) in [5, 5.41) is 0.116. The lowest BCUT2D eigenvalue weighted by Gasteiger charge is -2.30. The average Bonchev–Trinajstić information content (AvgIpc) is 2.53. The number of hydrogen-bond acceptors (Lipinski definition) is 0. The van der Waals surface area contributed by atoms with Gasteiger partial charge in [-0.1, -0.05) is 6.08 Å². The first-order valence-electron chi connectivity index (χ1n) is 6.98. The highest BCUT2D eigenvalue weighted by molar-refractivity contribution is 8.17. The maximum atomic E-state index is 13.2. The molecule has 3 rings (SSSR count). The van der Waals surface area contributed by atoms with E-state index in [1.54, 1.807) is 30.3 Å². The fourth-order valence-corrected chi connectivity index (χ4v) is 5.09. The molecule has 0 aromatic heterocycles. The first-order chi connectivity index (χ1) is 10.6. The summed E-state index contributed by atoms with van der Waals surface area (Å²) in [6, 6.07) is 12.7. The lowest BCUT2D eigenvalue weighted by atomic mass is 10.2. The molecule has 1 aliphatic carbocycles. The number of halogens is 3. The van der Waals surface area contributed by atoms with Crippen LogP contribution in [0.4, 0.5) is 13.2 Å². The fraction of sp³-hybridized carbons (Fsp3) is 0.111. The molecule has 22 heavy (non-hydrogen) atoms. The third kappa shape index (κ3) is 3.28. The van der Waals surface area contributed by atoms with Crippen LogP contribution in [0.2, 0.25) is 0 Å². The van der Waals surface area contributed by atoms with E-state index in [9.17, 15) is 13.2 Å². The summed E-state index contributed by atoms with van der Waals surface area (Å²) in [5.74, 6) is -0.810. The Bertz CT molecular complexity index is 657. The van der Waals surface area contributed by atoms with Crippen molar-refractivity contribution < 1.29 is 13.2 Å². The Morgan fingerprint density at radius 3 is 1.68 bits per heavy atom. The molecule has 0 spiro atoms. The van der Waals surface area contributed by atoms with Crippen LogP contribution in [0.5, 0.6) is 0 Å². The Labute approximate surface area is 130 Å². The average molecular weight is 320 g/mol. The summed E-state index contributed by atoms with van der Waals surface area (Å²) in [7, 11) is -0.844. The molecule has 0 bridgehead atoms. The van der Waals surface area contributed by atoms with Gasteiger partial charge in [0.1, 0.15) is 17.5 Å². The molecule has 2 aromatic rings. The topological polar surface area (TPSA) is 0 Å². The number of hydrogen-bond donors (Lipinski definition) is 1. The molecule has 1 atom stereocenters. The molecule has 4 heteroatoms. The molecule has 1 aliphatic rings. The minimum Gasteiger partial charge on any atom is -0.207 e. The summed E-state index contributed by atoms with van der Waals surface area (Å²) in [6.45, 7) is 0. The highest BCUT2D eigenvalue weighted by atomic mass is 32.2. The molecular weight excluding hydrogens is 305 g/mol. The summed E-state index contributed by atoms with van der Waals surface area (Å²) < 4.78 is 39.6. The first-order valence-corrected chi connectivity index (χ1v) is 8.39. The highest BCUT2D eigenvalue weighted by Gasteiger charge is 2.21. The van der Waals surface area contributed by atoms with E-state index in [1.165, 1.54) is 30.3 Å². The molecule has 0 saturated heterocycles.